The largest absolute Gasteiger partial charge is 0.508 e. The lowest BCUT2D eigenvalue weighted by Crippen LogP contribution is -2.36. The average molecular weight is 217 g/mol. The molecule has 0 aromatic heterocycles. The van der Waals surface area contributed by atoms with E-state index in [2.05, 4.69) is 11.0 Å². The van der Waals surface area contributed by atoms with Gasteiger partial charge in [-0.2, -0.15) is 0 Å². The fraction of sp³-hybridized carbons (Fsp3) is 0.571. The third-order valence-electron chi connectivity index (χ3n) is 4.02. The maximum Gasteiger partial charge on any atom is 0.115 e. The highest BCUT2D eigenvalue weighted by molar-refractivity contribution is 5.36. The van der Waals surface area contributed by atoms with Crippen molar-refractivity contribution in [2.45, 2.75) is 32.2 Å². The number of benzene rings is 1. The van der Waals surface area contributed by atoms with Gasteiger partial charge in [0.15, 0.2) is 0 Å². The Hall–Kier alpha value is -1.02. The number of nitrogens with zero attached hydrogens (tertiary/aromatic N) is 1. The Morgan fingerprint density at radius 1 is 1.25 bits per heavy atom. The van der Waals surface area contributed by atoms with E-state index >= 15 is 0 Å². The van der Waals surface area contributed by atoms with Gasteiger partial charge in [0.1, 0.15) is 5.75 Å². The molecule has 1 N–H and O–H groups in total. The van der Waals surface area contributed by atoms with Crippen LogP contribution in [0.15, 0.2) is 18.2 Å². The van der Waals surface area contributed by atoms with Crippen LogP contribution < -0.4 is 0 Å². The molecular formula is C14H19NO. The molecule has 2 aliphatic rings. The van der Waals surface area contributed by atoms with E-state index in [0.717, 1.165) is 25.4 Å². The molecule has 86 valence electrons. The van der Waals surface area contributed by atoms with Crippen LogP contribution in [0.2, 0.25) is 0 Å². The van der Waals surface area contributed by atoms with E-state index in [9.17, 15) is 5.11 Å². The van der Waals surface area contributed by atoms with Crippen molar-refractivity contribution >= 4 is 0 Å². The number of phenolic OH excluding ortho intramolecular Hbond substituents is 1. The van der Waals surface area contributed by atoms with Gasteiger partial charge in [-0.05, 0) is 48.4 Å². The molecule has 1 fully saturated rings. The minimum Gasteiger partial charge on any atom is -0.508 e. The normalized spacial score (nSPS) is 21.5. The molecule has 3 rings (SSSR count). The van der Waals surface area contributed by atoms with Gasteiger partial charge < -0.3 is 5.11 Å². The molecule has 1 heterocycles. The maximum absolute atomic E-state index is 9.43. The first-order valence-corrected chi connectivity index (χ1v) is 6.34. The van der Waals surface area contributed by atoms with Crippen molar-refractivity contribution in [3.63, 3.8) is 0 Å². The van der Waals surface area contributed by atoms with Gasteiger partial charge in [-0.15, -0.1) is 0 Å². The standard InChI is InChI=1S/C14H19NO/c16-14-5-4-13-10-15(7-6-12(13)8-14)9-11-2-1-3-11/h4-5,8,11,16H,1-3,6-7,9-10H2. The van der Waals surface area contributed by atoms with Crippen molar-refractivity contribution < 1.29 is 5.11 Å². The van der Waals surface area contributed by atoms with E-state index in [0.29, 0.717) is 5.75 Å². The van der Waals surface area contributed by atoms with E-state index in [1.807, 2.05) is 12.1 Å². The minimum absolute atomic E-state index is 0.409. The number of hydrogen-bond donors (Lipinski definition) is 1. The van der Waals surface area contributed by atoms with Crippen molar-refractivity contribution in [2.75, 3.05) is 13.1 Å². The first-order chi connectivity index (χ1) is 7.81. The Balaban J connectivity index is 1.68. The molecule has 1 aromatic rings. The van der Waals surface area contributed by atoms with Crippen LogP contribution in [0.4, 0.5) is 0 Å². The van der Waals surface area contributed by atoms with Gasteiger partial charge >= 0.3 is 0 Å². The first kappa shape index (κ1) is 10.2. The van der Waals surface area contributed by atoms with Crippen LogP contribution in [0.1, 0.15) is 30.4 Å². The molecule has 0 amide bonds. The molecule has 0 spiro atoms. The monoisotopic (exact) mass is 217 g/mol. The summed E-state index contributed by atoms with van der Waals surface area (Å²) >= 11 is 0. The Bertz CT molecular complexity index is 384. The van der Waals surface area contributed by atoms with Crippen LogP contribution in [-0.4, -0.2) is 23.1 Å². The fourth-order valence-corrected chi connectivity index (χ4v) is 2.79. The summed E-state index contributed by atoms with van der Waals surface area (Å²) in [4.78, 5) is 2.57. The highest BCUT2D eigenvalue weighted by Crippen LogP contribution is 2.29. The van der Waals surface area contributed by atoms with Crippen LogP contribution >= 0.6 is 0 Å². The maximum atomic E-state index is 9.43. The van der Waals surface area contributed by atoms with Gasteiger partial charge in [0.2, 0.25) is 0 Å². The van der Waals surface area contributed by atoms with Gasteiger partial charge in [-0.3, -0.25) is 4.90 Å². The van der Waals surface area contributed by atoms with Crippen LogP contribution in [0, 0.1) is 5.92 Å². The molecule has 1 saturated carbocycles. The number of rotatable bonds is 2. The quantitative estimate of drug-likeness (QED) is 0.823. The molecule has 0 radical (unpaired) electrons. The fourth-order valence-electron chi connectivity index (χ4n) is 2.79. The Morgan fingerprint density at radius 2 is 2.12 bits per heavy atom. The lowest BCUT2D eigenvalue weighted by atomic mass is 9.84. The molecule has 0 bridgehead atoms. The second kappa shape index (κ2) is 4.10. The van der Waals surface area contributed by atoms with Crippen molar-refractivity contribution in [2.24, 2.45) is 5.92 Å². The molecular weight excluding hydrogens is 198 g/mol. The molecule has 2 heteroatoms. The summed E-state index contributed by atoms with van der Waals surface area (Å²) in [5.41, 5.74) is 2.74. The van der Waals surface area contributed by atoms with E-state index < -0.39 is 0 Å². The van der Waals surface area contributed by atoms with E-state index in [4.69, 9.17) is 0 Å². The average Bonchev–Trinajstić information content (AvgIpc) is 2.23. The predicted molar refractivity (Wildman–Crippen MR) is 64.4 cm³/mol. The topological polar surface area (TPSA) is 23.5 Å². The summed E-state index contributed by atoms with van der Waals surface area (Å²) in [7, 11) is 0. The molecule has 1 aliphatic carbocycles. The Labute approximate surface area is 96.9 Å². The van der Waals surface area contributed by atoms with Crippen LogP contribution in [-0.2, 0) is 13.0 Å². The molecule has 1 aliphatic heterocycles. The molecule has 0 unspecified atom stereocenters. The SMILES string of the molecule is Oc1ccc2c(c1)CCN(CC1CCC1)C2. The second-order valence-corrected chi connectivity index (χ2v) is 5.24. The van der Waals surface area contributed by atoms with Gasteiger partial charge in [0.25, 0.3) is 0 Å². The zero-order valence-corrected chi connectivity index (χ0v) is 9.65. The van der Waals surface area contributed by atoms with Gasteiger partial charge in [-0.1, -0.05) is 12.5 Å². The first-order valence-electron chi connectivity index (χ1n) is 6.34. The lowest BCUT2D eigenvalue weighted by molar-refractivity contribution is 0.165. The summed E-state index contributed by atoms with van der Waals surface area (Å²) in [5.74, 6) is 1.37. The van der Waals surface area contributed by atoms with Crippen molar-refractivity contribution in [1.82, 2.24) is 4.90 Å². The second-order valence-electron chi connectivity index (χ2n) is 5.24. The van der Waals surface area contributed by atoms with E-state index in [-0.39, 0.29) is 0 Å². The van der Waals surface area contributed by atoms with Gasteiger partial charge in [-0.25, -0.2) is 0 Å². The highest BCUT2D eigenvalue weighted by Gasteiger charge is 2.23. The van der Waals surface area contributed by atoms with E-state index in [1.165, 1.54) is 36.9 Å². The zero-order valence-electron chi connectivity index (χ0n) is 9.65. The van der Waals surface area contributed by atoms with Gasteiger partial charge in [0, 0.05) is 19.6 Å². The Kier molecular flexibility index (Phi) is 2.60. The molecule has 0 atom stereocenters. The number of hydrogen-bond acceptors (Lipinski definition) is 2. The predicted octanol–water partition coefficient (Wildman–Crippen LogP) is 2.55. The summed E-state index contributed by atoms with van der Waals surface area (Å²) in [5, 5.41) is 9.43. The number of fused-ring (bicyclic) bond motifs is 1. The summed E-state index contributed by atoms with van der Waals surface area (Å²) < 4.78 is 0. The summed E-state index contributed by atoms with van der Waals surface area (Å²) in [6.07, 6.45) is 5.39. The number of aromatic hydroxyl groups is 1. The van der Waals surface area contributed by atoms with Gasteiger partial charge in [0.05, 0.1) is 0 Å². The minimum atomic E-state index is 0.409. The van der Waals surface area contributed by atoms with Crippen LogP contribution in [0.3, 0.4) is 0 Å². The van der Waals surface area contributed by atoms with Crippen molar-refractivity contribution in [1.29, 1.82) is 0 Å². The molecule has 0 saturated heterocycles. The number of phenols is 1. The summed E-state index contributed by atoms with van der Waals surface area (Å²) in [6.45, 7) is 3.51. The van der Waals surface area contributed by atoms with Crippen molar-refractivity contribution in [3.05, 3.63) is 29.3 Å². The van der Waals surface area contributed by atoms with Crippen molar-refractivity contribution in [3.8, 4) is 5.75 Å². The Morgan fingerprint density at radius 3 is 2.88 bits per heavy atom. The lowest BCUT2D eigenvalue weighted by Gasteiger charge is -2.35. The molecule has 16 heavy (non-hydrogen) atoms. The summed E-state index contributed by atoms with van der Waals surface area (Å²) in [6, 6.07) is 5.82. The zero-order chi connectivity index (χ0) is 11.0. The van der Waals surface area contributed by atoms with Crippen LogP contribution in [0.5, 0.6) is 5.75 Å². The van der Waals surface area contributed by atoms with Crippen LogP contribution in [0.25, 0.3) is 0 Å². The smallest absolute Gasteiger partial charge is 0.115 e. The third-order valence-corrected chi connectivity index (χ3v) is 4.02. The van der Waals surface area contributed by atoms with E-state index in [1.54, 1.807) is 0 Å². The third kappa shape index (κ3) is 1.94. The highest BCUT2D eigenvalue weighted by atomic mass is 16.3. The molecule has 1 aromatic carbocycles. The molecule has 2 nitrogen and oxygen atoms in total.